The van der Waals surface area contributed by atoms with Crippen LogP contribution in [0.5, 0.6) is 0 Å². The van der Waals surface area contributed by atoms with Gasteiger partial charge in [0.05, 0.1) is 6.54 Å². The van der Waals surface area contributed by atoms with Crippen LogP contribution in [0.4, 0.5) is 0 Å². The number of nitrogens with zero attached hydrogens (tertiary/aromatic N) is 4. The maximum Gasteiger partial charge on any atom is 0.275 e. The average Bonchev–Trinajstić information content (AvgIpc) is 3.28. The molecule has 1 aliphatic heterocycles. The van der Waals surface area contributed by atoms with E-state index in [0.29, 0.717) is 18.1 Å². The van der Waals surface area contributed by atoms with Crippen molar-refractivity contribution in [3.8, 4) is 0 Å². The zero-order valence-corrected chi connectivity index (χ0v) is 15.8. The highest BCUT2D eigenvalue weighted by Crippen LogP contribution is 2.15. The lowest BCUT2D eigenvalue weighted by Crippen LogP contribution is -2.45. The fourth-order valence-corrected chi connectivity index (χ4v) is 3.78. The van der Waals surface area contributed by atoms with Crippen LogP contribution in [0.2, 0.25) is 0 Å². The molecule has 1 fully saturated rings. The molecule has 1 saturated heterocycles. The Bertz CT molecular complexity index is 662. The lowest BCUT2D eigenvalue weighted by atomic mass is 10.3. The molecule has 0 atom stereocenters. The molecule has 0 aliphatic carbocycles. The molecule has 136 valence electrons. The number of hydrogen-bond donors (Lipinski definition) is 0. The average molecular weight is 362 g/mol. The van der Waals surface area contributed by atoms with E-state index in [1.165, 1.54) is 11.1 Å². The highest BCUT2D eigenvalue weighted by Gasteiger charge is 2.21. The Morgan fingerprint density at radius 2 is 2.00 bits per heavy atom. The molecule has 25 heavy (non-hydrogen) atoms. The van der Waals surface area contributed by atoms with Gasteiger partial charge in [0.1, 0.15) is 6.26 Å². The summed E-state index contributed by atoms with van der Waals surface area (Å²) in [6, 6.07) is 4.30. The fourth-order valence-electron chi connectivity index (χ4n) is 3.03. The molecule has 0 bridgehead atoms. The van der Waals surface area contributed by atoms with Gasteiger partial charge in [-0.05, 0) is 17.9 Å². The Morgan fingerprint density at radius 1 is 1.28 bits per heavy atom. The normalized spacial score (nSPS) is 16.2. The fraction of sp³-hybridized carbons (Fsp3) is 0.556. The number of carbonyl (C=O) groups is 1. The second-order valence-electron chi connectivity index (χ2n) is 6.48. The Hall–Kier alpha value is -1.70. The second kappa shape index (κ2) is 8.60. The second-order valence-corrected chi connectivity index (χ2v) is 7.52. The van der Waals surface area contributed by atoms with Crippen LogP contribution in [0.1, 0.15) is 34.6 Å². The molecule has 1 amide bonds. The Balaban J connectivity index is 1.47. The number of aromatic nitrogens is 1. The van der Waals surface area contributed by atoms with Crippen LogP contribution in [0.25, 0.3) is 0 Å². The summed E-state index contributed by atoms with van der Waals surface area (Å²) in [6.07, 6.45) is 2.42. The first-order chi connectivity index (χ1) is 12.2. The van der Waals surface area contributed by atoms with E-state index >= 15 is 0 Å². The first-order valence-corrected chi connectivity index (χ1v) is 9.70. The molecule has 0 aromatic carbocycles. The summed E-state index contributed by atoms with van der Waals surface area (Å²) in [7, 11) is 1.80. The molecule has 0 unspecified atom stereocenters. The van der Waals surface area contributed by atoms with E-state index in [1.807, 2.05) is 11.3 Å². The van der Waals surface area contributed by atoms with Gasteiger partial charge in [0.15, 0.2) is 5.69 Å². The standard InChI is InChI=1S/C18H26N4O2S/c1-3-6-20(2)18(23)16-14-24-17(19-16)13-22-9-7-21(8-10-22)12-15-5-4-11-25-15/h4-5,11,14H,3,6-10,12-13H2,1-2H3. The van der Waals surface area contributed by atoms with Gasteiger partial charge in [-0.15, -0.1) is 11.3 Å². The number of hydrogen-bond acceptors (Lipinski definition) is 6. The van der Waals surface area contributed by atoms with Crippen molar-refractivity contribution in [2.75, 3.05) is 39.8 Å². The van der Waals surface area contributed by atoms with Gasteiger partial charge in [-0.2, -0.15) is 0 Å². The first kappa shape index (κ1) is 18.1. The molecule has 2 aromatic heterocycles. The summed E-state index contributed by atoms with van der Waals surface area (Å²) in [5.41, 5.74) is 0.405. The third-order valence-electron chi connectivity index (χ3n) is 4.46. The topological polar surface area (TPSA) is 52.8 Å². The minimum Gasteiger partial charge on any atom is -0.447 e. The number of amides is 1. The van der Waals surface area contributed by atoms with Crippen molar-refractivity contribution in [1.82, 2.24) is 19.7 Å². The monoisotopic (exact) mass is 362 g/mol. The zero-order valence-electron chi connectivity index (χ0n) is 15.0. The number of thiophene rings is 1. The van der Waals surface area contributed by atoms with E-state index in [-0.39, 0.29) is 5.91 Å². The smallest absolute Gasteiger partial charge is 0.275 e. The molecule has 1 aliphatic rings. The van der Waals surface area contributed by atoms with Gasteiger partial charge in [-0.3, -0.25) is 14.6 Å². The third kappa shape index (κ3) is 4.90. The summed E-state index contributed by atoms with van der Waals surface area (Å²) in [5.74, 6) is 0.553. The molecular formula is C18H26N4O2S. The van der Waals surface area contributed by atoms with Gasteiger partial charge in [0.25, 0.3) is 5.91 Å². The van der Waals surface area contributed by atoms with E-state index in [4.69, 9.17) is 4.42 Å². The molecule has 3 rings (SSSR count). The van der Waals surface area contributed by atoms with Crippen LogP contribution in [-0.2, 0) is 13.1 Å². The number of oxazole rings is 1. The van der Waals surface area contributed by atoms with E-state index < -0.39 is 0 Å². The van der Waals surface area contributed by atoms with Crippen LogP contribution < -0.4 is 0 Å². The van der Waals surface area contributed by atoms with Gasteiger partial charge in [-0.1, -0.05) is 13.0 Å². The van der Waals surface area contributed by atoms with Crippen LogP contribution in [0.15, 0.2) is 28.2 Å². The Morgan fingerprint density at radius 3 is 2.64 bits per heavy atom. The number of rotatable bonds is 7. The minimum absolute atomic E-state index is 0.0717. The minimum atomic E-state index is -0.0717. The summed E-state index contributed by atoms with van der Waals surface area (Å²) in [5, 5.41) is 2.13. The molecule has 7 heteroatoms. The van der Waals surface area contributed by atoms with Crippen molar-refractivity contribution in [3.63, 3.8) is 0 Å². The van der Waals surface area contributed by atoms with Crippen molar-refractivity contribution in [2.45, 2.75) is 26.4 Å². The molecular weight excluding hydrogens is 336 g/mol. The molecule has 0 spiro atoms. The third-order valence-corrected chi connectivity index (χ3v) is 5.32. The van der Waals surface area contributed by atoms with Crippen LogP contribution in [-0.4, -0.2) is 65.4 Å². The maximum atomic E-state index is 12.2. The van der Waals surface area contributed by atoms with E-state index in [9.17, 15) is 4.79 Å². The molecule has 0 saturated carbocycles. The molecule has 3 heterocycles. The Kier molecular flexibility index (Phi) is 6.23. The first-order valence-electron chi connectivity index (χ1n) is 8.82. The van der Waals surface area contributed by atoms with Crippen LogP contribution in [0, 0.1) is 0 Å². The van der Waals surface area contributed by atoms with Crippen LogP contribution in [0.3, 0.4) is 0 Å². The van der Waals surface area contributed by atoms with Gasteiger partial charge in [0, 0.05) is 51.2 Å². The Labute approximate surface area is 153 Å². The van der Waals surface area contributed by atoms with E-state index in [2.05, 4.69) is 39.2 Å². The molecule has 2 aromatic rings. The van der Waals surface area contributed by atoms with Crippen molar-refractivity contribution in [1.29, 1.82) is 0 Å². The summed E-state index contributed by atoms with van der Waals surface area (Å²) in [6.45, 7) is 8.56. The van der Waals surface area contributed by atoms with Gasteiger partial charge < -0.3 is 9.32 Å². The highest BCUT2D eigenvalue weighted by molar-refractivity contribution is 7.09. The summed E-state index contributed by atoms with van der Waals surface area (Å²) < 4.78 is 5.52. The van der Waals surface area contributed by atoms with Gasteiger partial charge >= 0.3 is 0 Å². The quantitative estimate of drug-likeness (QED) is 0.758. The molecule has 0 N–H and O–H groups in total. The highest BCUT2D eigenvalue weighted by atomic mass is 32.1. The molecule has 6 nitrogen and oxygen atoms in total. The largest absolute Gasteiger partial charge is 0.447 e. The molecule has 0 radical (unpaired) electrons. The predicted molar refractivity (Wildman–Crippen MR) is 98.6 cm³/mol. The van der Waals surface area contributed by atoms with E-state index in [1.54, 1.807) is 11.9 Å². The number of carbonyl (C=O) groups excluding carboxylic acids is 1. The van der Waals surface area contributed by atoms with E-state index in [0.717, 1.165) is 45.7 Å². The zero-order chi connectivity index (χ0) is 17.6. The summed E-state index contributed by atoms with van der Waals surface area (Å²) >= 11 is 1.81. The summed E-state index contributed by atoms with van der Waals surface area (Å²) in [4.78, 5) is 24.5. The SMILES string of the molecule is CCCN(C)C(=O)c1coc(CN2CCN(Cc3cccs3)CC2)n1. The van der Waals surface area contributed by atoms with Crippen molar-refractivity contribution >= 4 is 17.2 Å². The lowest BCUT2D eigenvalue weighted by Gasteiger charge is -2.33. The van der Waals surface area contributed by atoms with Crippen molar-refractivity contribution < 1.29 is 9.21 Å². The number of piperazine rings is 1. The van der Waals surface area contributed by atoms with Crippen molar-refractivity contribution in [3.05, 3.63) is 40.2 Å². The van der Waals surface area contributed by atoms with Crippen LogP contribution >= 0.6 is 11.3 Å². The lowest BCUT2D eigenvalue weighted by molar-refractivity contribution is 0.0789. The predicted octanol–water partition coefficient (Wildman–Crippen LogP) is 2.54. The maximum absolute atomic E-state index is 12.2. The van der Waals surface area contributed by atoms with Gasteiger partial charge in [0.2, 0.25) is 5.89 Å². The van der Waals surface area contributed by atoms with Gasteiger partial charge in [-0.25, -0.2) is 4.98 Å². The van der Waals surface area contributed by atoms with Crippen molar-refractivity contribution in [2.24, 2.45) is 0 Å².